The molecule has 5 heteroatoms. The second-order valence-electron chi connectivity index (χ2n) is 4.04. The topological polar surface area (TPSA) is 29.1 Å². The molecule has 19 heavy (non-hydrogen) atoms. The molecule has 2 rings (SSSR count). The Kier molecular flexibility index (Phi) is 4.50. The van der Waals surface area contributed by atoms with Gasteiger partial charge in [0.05, 0.1) is 5.02 Å². The first-order chi connectivity index (χ1) is 8.97. The third kappa shape index (κ3) is 3.50. The van der Waals surface area contributed by atoms with Crippen molar-refractivity contribution in [3.63, 3.8) is 0 Å². The Balaban J connectivity index is 2.23. The summed E-state index contributed by atoms with van der Waals surface area (Å²) in [6, 6.07) is 10.4. The Hall–Kier alpha value is -1.03. The maximum absolute atomic E-state index is 12.1. The van der Waals surface area contributed by atoms with E-state index < -0.39 is 0 Å². The first-order valence-electron chi connectivity index (χ1n) is 5.50. The van der Waals surface area contributed by atoms with E-state index in [9.17, 15) is 4.79 Å². The van der Waals surface area contributed by atoms with Gasteiger partial charge in [-0.2, -0.15) is 0 Å². The molecule has 0 radical (unpaired) electrons. The lowest BCUT2D eigenvalue weighted by molar-refractivity contribution is 0.102. The van der Waals surface area contributed by atoms with E-state index >= 15 is 0 Å². The van der Waals surface area contributed by atoms with Crippen molar-refractivity contribution >= 4 is 50.7 Å². The molecule has 0 aliphatic carbocycles. The smallest absolute Gasteiger partial charge is 0.255 e. The quantitative estimate of drug-likeness (QED) is 0.773. The molecule has 0 aromatic heterocycles. The van der Waals surface area contributed by atoms with Crippen molar-refractivity contribution in [3.8, 4) is 0 Å². The van der Waals surface area contributed by atoms with Gasteiger partial charge in [0.25, 0.3) is 5.91 Å². The van der Waals surface area contributed by atoms with Gasteiger partial charge in [-0.3, -0.25) is 4.79 Å². The standard InChI is InChI=1S/C14H10BrCl2NO/c1-8-6-9(16)2-4-11(8)14(19)18-10-3-5-13(17)12(15)7-10/h2-7H,1H3,(H,18,19). The number of hydrogen-bond donors (Lipinski definition) is 1. The number of rotatable bonds is 2. The Morgan fingerprint density at radius 2 is 1.89 bits per heavy atom. The lowest BCUT2D eigenvalue weighted by atomic mass is 10.1. The highest BCUT2D eigenvalue weighted by molar-refractivity contribution is 9.10. The van der Waals surface area contributed by atoms with Crippen molar-refractivity contribution in [2.24, 2.45) is 0 Å². The summed E-state index contributed by atoms with van der Waals surface area (Å²) in [6.07, 6.45) is 0. The molecule has 0 aliphatic rings. The fourth-order valence-electron chi connectivity index (χ4n) is 1.65. The SMILES string of the molecule is Cc1cc(Cl)ccc1C(=O)Nc1ccc(Cl)c(Br)c1. The molecule has 0 heterocycles. The van der Waals surface area contributed by atoms with Gasteiger partial charge in [-0.1, -0.05) is 23.2 Å². The van der Waals surface area contributed by atoms with E-state index in [4.69, 9.17) is 23.2 Å². The molecule has 1 amide bonds. The normalized spacial score (nSPS) is 10.3. The lowest BCUT2D eigenvalue weighted by Gasteiger charge is -2.08. The summed E-state index contributed by atoms with van der Waals surface area (Å²) in [5.74, 6) is -0.177. The molecule has 0 unspecified atom stereocenters. The molecule has 1 N–H and O–H groups in total. The number of aryl methyl sites for hydroxylation is 1. The number of benzene rings is 2. The molecule has 0 aliphatic heterocycles. The predicted molar refractivity (Wildman–Crippen MR) is 83.3 cm³/mol. The van der Waals surface area contributed by atoms with E-state index in [0.717, 1.165) is 10.0 Å². The second-order valence-corrected chi connectivity index (χ2v) is 5.74. The molecule has 2 aromatic rings. The summed E-state index contributed by atoms with van der Waals surface area (Å²) in [5, 5.41) is 4.03. The minimum absolute atomic E-state index is 0.177. The van der Waals surface area contributed by atoms with Crippen LogP contribution in [0.5, 0.6) is 0 Å². The van der Waals surface area contributed by atoms with Crippen LogP contribution in [0.3, 0.4) is 0 Å². The molecule has 0 saturated carbocycles. The molecule has 0 fully saturated rings. The van der Waals surface area contributed by atoms with Gasteiger partial charge < -0.3 is 5.32 Å². The zero-order chi connectivity index (χ0) is 14.0. The number of carbonyl (C=O) groups is 1. The summed E-state index contributed by atoms with van der Waals surface area (Å²) in [7, 11) is 0. The average Bonchev–Trinajstić information content (AvgIpc) is 2.33. The van der Waals surface area contributed by atoms with E-state index in [-0.39, 0.29) is 5.91 Å². The highest BCUT2D eigenvalue weighted by Crippen LogP contribution is 2.26. The van der Waals surface area contributed by atoms with Gasteiger partial charge in [-0.15, -0.1) is 0 Å². The monoisotopic (exact) mass is 357 g/mol. The summed E-state index contributed by atoms with van der Waals surface area (Å²) in [5.41, 5.74) is 2.10. The van der Waals surface area contributed by atoms with Gasteiger partial charge in [0.1, 0.15) is 0 Å². The van der Waals surface area contributed by atoms with E-state index in [1.165, 1.54) is 0 Å². The summed E-state index contributed by atoms with van der Waals surface area (Å²) >= 11 is 15.1. The molecule has 0 bridgehead atoms. The Morgan fingerprint density at radius 1 is 1.16 bits per heavy atom. The van der Waals surface area contributed by atoms with E-state index in [1.807, 2.05) is 6.92 Å². The minimum Gasteiger partial charge on any atom is -0.322 e. The van der Waals surface area contributed by atoms with Gasteiger partial charge in [-0.25, -0.2) is 0 Å². The number of anilines is 1. The van der Waals surface area contributed by atoms with Crippen LogP contribution in [0.4, 0.5) is 5.69 Å². The number of amides is 1. The fourth-order valence-corrected chi connectivity index (χ4v) is 2.38. The van der Waals surface area contributed by atoms with Gasteiger partial charge >= 0.3 is 0 Å². The van der Waals surface area contributed by atoms with Crippen molar-refractivity contribution in [1.82, 2.24) is 0 Å². The van der Waals surface area contributed by atoms with Crippen LogP contribution in [0.25, 0.3) is 0 Å². The van der Waals surface area contributed by atoms with Crippen LogP contribution >= 0.6 is 39.1 Å². The first-order valence-corrected chi connectivity index (χ1v) is 7.05. The van der Waals surface area contributed by atoms with Gasteiger partial charge in [-0.05, 0) is 64.8 Å². The first kappa shape index (κ1) is 14.4. The molecular formula is C14H10BrCl2NO. The highest BCUT2D eigenvalue weighted by Gasteiger charge is 2.10. The molecule has 0 atom stereocenters. The fraction of sp³-hybridized carbons (Fsp3) is 0.0714. The highest BCUT2D eigenvalue weighted by atomic mass is 79.9. The maximum Gasteiger partial charge on any atom is 0.255 e. The summed E-state index contributed by atoms with van der Waals surface area (Å²) in [4.78, 5) is 12.1. The van der Waals surface area contributed by atoms with Crippen LogP contribution in [0, 0.1) is 6.92 Å². The molecule has 0 saturated heterocycles. The zero-order valence-corrected chi connectivity index (χ0v) is 13.1. The number of hydrogen-bond acceptors (Lipinski definition) is 1. The van der Waals surface area contributed by atoms with Crippen molar-refractivity contribution < 1.29 is 4.79 Å². The van der Waals surface area contributed by atoms with Gasteiger partial charge in [0.15, 0.2) is 0 Å². The maximum atomic E-state index is 12.1. The molecule has 0 spiro atoms. The average molecular weight is 359 g/mol. The zero-order valence-electron chi connectivity index (χ0n) is 10.0. The Bertz CT molecular complexity index is 643. The predicted octanol–water partition coefficient (Wildman–Crippen LogP) is 5.32. The van der Waals surface area contributed by atoms with E-state index in [2.05, 4.69) is 21.2 Å². The van der Waals surface area contributed by atoms with E-state index in [1.54, 1.807) is 36.4 Å². The van der Waals surface area contributed by atoms with Crippen molar-refractivity contribution in [3.05, 3.63) is 62.0 Å². The van der Waals surface area contributed by atoms with Crippen LogP contribution in [0.2, 0.25) is 10.0 Å². The van der Waals surface area contributed by atoms with Crippen LogP contribution in [0.1, 0.15) is 15.9 Å². The molecular weight excluding hydrogens is 349 g/mol. The third-order valence-electron chi connectivity index (χ3n) is 2.61. The Labute approximate surface area is 129 Å². The van der Waals surface area contributed by atoms with Crippen LogP contribution in [-0.4, -0.2) is 5.91 Å². The molecule has 98 valence electrons. The van der Waals surface area contributed by atoms with Gasteiger partial charge in [0.2, 0.25) is 0 Å². The van der Waals surface area contributed by atoms with Crippen molar-refractivity contribution in [2.45, 2.75) is 6.92 Å². The Morgan fingerprint density at radius 3 is 2.53 bits per heavy atom. The largest absolute Gasteiger partial charge is 0.322 e. The third-order valence-corrected chi connectivity index (χ3v) is 4.06. The van der Waals surface area contributed by atoms with Crippen molar-refractivity contribution in [2.75, 3.05) is 5.32 Å². The minimum atomic E-state index is -0.177. The van der Waals surface area contributed by atoms with Crippen LogP contribution in [-0.2, 0) is 0 Å². The summed E-state index contributed by atoms with van der Waals surface area (Å²) < 4.78 is 0.736. The van der Waals surface area contributed by atoms with Gasteiger partial charge in [0, 0.05) is 20.7 Å². The number of nitrogens with one attached hydrogen (secondary N) is 1. The van der Waals surface area contributed by atoms with E-state index in [0.29, 0.717) is 21.3 Å². The number of carbonyl (C=O) groups excluding carboxylic acids is 1. The molecule has 2 nitrogen and oxygen atoms in total. The summed E-state index contributed by atoms with van der Waals surface area (Å²) in [6.45, 7) is 1.85. The molecule has 2 aromatic carbocycles. The lowest BCUT2D eigenvalue weighted by Crippen LogP contribution is -2.13. The second kappa shape index (κ2) is 5.95. The number of halogens is 3. The van der Waals surface area contributed by atoms with Crippen LogP contribution < -0.4 is 5.32 Å². The van der Waals surface area contributed by atoms with Crippen molar-refractivity contribution in [1.29, 1.82) is 0 Å². The van der Waals surface area contributed by atoms with Crippen LogP contribution in [0.15, 0.2) is 40.9 Å².